The molecule has 13 nitrogen and oxygen atoms in total. The number of guanidine groups is 2. The predicted octanol–water partition coefficient (Wildman–Crippen LogP) is 10.0. The van der Waals surface area contributed by atoms with E-state index in [4.69, 9.17) is 16.3 Å². The van der Waals surface area contributed by atoms with Crippen molar-refractivity contribution in [2.24, 2.45) is 21.5 Å². The molecule has 0 aliphatic carbocycles. The normalized spacial score (nSPS) is 13.6. The molecule has 0 aromatic heterocycles. The van der Waals surface area contributed by atoms with Gasteiger partial charge in [0.15, 0.2) is 12.0 Å². The molecular weight excluding hydrogens is 725 g/mol. The highest BCUT2D eigenvalue weighted by Gasteiger charge is 2.55. The first-order valence-electron chi connectivity index (χ1n) is 23.1. The van der Waals surface area contributed by atoms with Crippen molar-refractivity contribution in [3.63, 3.8) is 0 Å². The summed E-state index contributed by atoms with van der Waals surface area (Å²) in [5, 5.41) is 32.0. The standard InChI is InChI=1S/C44H86N6O7/c1-3-5-7-9-11-13-15-17-19-21-23-25-27-29-31-33-35-47-42(45)49-39(40(53)54)44(41(55)56,37-38(51)52)57-50-43(46)48-36-34-32-30-28-26-24-22-20-18-16-14-12-10-8-6-4-2/h39H,3-37H2,1-2H3,(H,51,52)(H,53,54)(H,55,56)(H3,45,47,49)(H3,46,48,50). The number of aliphatic carboxylic acids is 3. The molecule has 0 aliphatic heterocycles. The molecule has 9 N–H and O–H groups in total. The Kier molecular flexibility index (Phi) is 36.3. The summed E-state index contributed by atoms with van der Waals surface area (Å²) in [5.74, 6) is -5.74. The quantitative estimate of drug-likeness (QED) is 0.0133. The molecule has 0 aromatic rings. The van der Waals surface area contributed by atoms with Gasteiger partial charge < -0.3 is 32.1 Å². The van der Waals surface area contributed by atoms with Gasteiger partial charge in [-0.2, -0.15) is 0 Å². The molecule has 0 aromatic carbocycles. The van der Waals surface area contributed by atoms with E-state index in [-0.39, 0.29) is 11.9 Å². The molecule has 0 spiro atoms. The zero-order valence-electron chi connectivity index (χ0n) is 36.3. The molecule has 0 aliphatic rings. The average Bonchev–Trinajstić information content (AvgIpc) is 3.17. The van der Waals surface area contributed by atoms with Crippen LogP contribution in [0.5, 0.6) is 0 Å². The van der Waals surface area contributed by atoms with Crippen molar-refractivity contribution in [2.75, 3.05) is 13.1 Å². The molecule has 2 unspecified atom stereocenters. The second-order valence-corrected chi connectivity index (χ2v) is 16.0. The van der Waals surface area contributed by atoms with Gasteiger partial charge in [-0.15, -0.1) is 0 Å². The number of nitrogens with zero attached hydrogens (tertiary/aromatic N) is 2. The first kappa shape index (κ1) is 53.9. The van der Waals surface area contributed by atoms with Crippen LogP contribution >= 0.6 is 0 Å². The minimum atomic E-state index is -2.83. The van der Waals surface area contributed by atoms with Gasteiger partial charge in [-0.1, -0.05) is 206 Å². The molecule has 0 amide bonds. The Morgan fingerprint density at radius 1 is 0.509 bits per heavy atom. The van der Waals surface area contributed by atoms with Gasteiger partial charge in [0.25, 0.3) is 0 Å². The zero-order valence-corrected chi connectivity index (χ0v) is 36.3. The monoisotopic (exact) mass is 811 g/mol. The van der Waals surface area contributed by atoms with Crippen molar-refractivity contribution in [2.45, 2.75) is 237 Å². The molecule has 0 fully saturated rings. The maximum Gasteiger partial charge on any atom is 0.342 e. The number of rotatable bonds is 42. The Hall–Kier alpha value is -3.09. The van der Waals surface area contributed by atoms with Crippen LogP contribution < -0.4 is 22.3 Å². The van der Waals surface area contributed by atoms with E-state index in [1.807, 2.05) is 0 Å². The lowest BCUT2D eigenvalue weighted by Gasteiger charge is -2.33. The summed E-state index contributed by atoms with van der Waals surface area (Å²) < 4.78 is 0. The fourth-order valence-corrected chi connectivity index (χ4v) is 7.13. The number of hydrogen-bond donors (Lipinski definition) is 7. The predicted molar refractivity (Wildman–Crippen MR) is 233 cm³/mol. The van der Waals surface area contributed by atoms with Gasteiger partial charge >= 0.3 is 17.9 Å². The first-order chi connectivity index (χ1) is 27.6. The van der Waals surface area contributed by atoms with Crippen LogP contribution in [0.1, 0.15) is 226 Å². The molecule has 0 saturated carbocycles. The Bertz CT molecular complexity index is 1060. The number of aliphatic imine (C=N–C) groups is 2. The van der Waals surface area contributed by atoms with Gasteiger partial charge in [0.1, 0.15) is 0 Å². The molecule has 2 atom stereocenters. The van der Waals surface area contributed by atoms with Crippen LogP contribution in [0.4, 0.5) is 0 Å². The second kappa shape index (κ2) is 38.4. The summed E-state index contributed by atoms with van der Waals surface area (Å²) in [5.41, 5.74) is 11.2. The van der Waals surface area contributed by atoms with E-state index in [2.05, 4.69) is 34.6 Å². The van der Waals surface area contributed by atoms with E-state index in [1.54, 1.807) is 0 Å². The molecule has 0 rings (SSSR count). The summed E-state index contributed by atoms with van der Waals surface area (Å²) in [7, 11) is 0. The van der Waals surface area contributed by atoms with Gasteiger partial charge in [-0.05, 0) is 12.8 Å². The topological polar surface area (TPSA) is 222 Å². The third-order valence-corrected chi connectivity index (χ3v) is 10.7. The Labute approximate surface area is 346 Å². The summed E-state index contributed by atoms with van der Waals surface area (Å²) in [6.45, 7) is 5.15. The van der Waals surface area contributed by atoms with Crippen molar-refractivity contribution >= 4 is 29.8 Å². The largest absolute Gasteiger partial charge is 0.481 e. The first-order valence-corrected chi connectivity index (χ1v) is 23.1. The van der Waals surface area contributed by atoms with E-state index in [0.29, 0.717) is 13.1 Å². The number of hydrogen-bond acceptors (Lipinski definition) is 6. The zero-order chi connectivity index (χ0) is 42.2. The van der Waals surface area contributed by atoms with Crippen LogP contribution in [-0.2, 0) is 19.2 Å². The molecule has 0 heterocycles. The maximum absolute atomic E-state index is 12.5. The Morgan fingerprint density at radius 3 is 1.09 bits per heavy atom. The van der Waals surface area contributed by atoms with Crippen molar-refractivity contribution in [3.8, 4) is 0 Å². The van der Waals surface area contributed by atoms with E-state index in [1.165, 1.54) is 154 Å². The lowest BCUT2D eigenvalue weighted by Crippen LogP contribution is -2.66. The molecular formula is C44H86N6O7. The third-order valence-electron chi connectivity index (χ3n) is 10.7. The average molecular weight is 811 g/mol. The number of nitrogens with one attached hydrogen (secondary N) is 2. The van der Waals surface area contributed by atoms with E-state index >= 15 is 0 Å². The number of carboxylic acids is 3. The minimum absolute atomic E-state index is 0.291. The fourth-order valence-electron chi connectivity index (χ4n) is 7.13. The highest BCUT2D eigenvalue weighted by molar-refractivity contribution is 5.95. The van der Waals surface area contributed by atoms with Crippen LogP contribution in [0.25, 0.3) is 0 Å². The molecule has 0 saturated heterocycles. The van der Waals surface area contributed by atoms with Crippen LogP contribution in [0.3, 0.4) is 0 Å². The van der Waals surface area contributed by atoms with Crippen LogP contribution in [0.15, 0.2) is 9.98 Å². The highest BCUT2D eigenvalue weighted by Crippen LogP contribution is 2.22. The molecule has 0 radical (unpaired) electrons. The number of nitrogens with two attached hydrogens (primary N) is 2. The van der Waals surface area contributed by atoms with Gasteiger partial charge in [-0.25, -0.2) is 15.1 Å². The Morgan fingerprint density at radius 2 is 0.807 bits per heavy atom. The van der Waals surface area contributed by atoms with Crippen LogP contribution in [0, 0.1) is 0 Å². The smallest absolute Gasteiger partial charge is 0.342 e. The van der Waals surface area contributed by atoms with Crippen LogP contribution in [0.2, 0.25) is 0 Å². The van der Waals surface area contributed by atoms with Crippen molar-refractivity contribution < 1.29 is 34.5 Å². The maximum atomic E-state index is 12.5. The third kappa shape index (κ3) is 31.6. The number of carbonyl (C=O) groups is 3. The van der Waals surface area contributed by atoms with Crippen molar-refractivity contribution in [1.82, 2.24) is 10.8 Å². The lowest BCUT2D eigenvalue weighted by atomic mass is 9.90. The Balaban J connectivity index is 4.50. The van der Waals surface area contributed by atoms with Gasteiger partial charge in [0, 0.05) is 13.1 Å². The summed E-state index contributed by atoms with van der Waals surface area (Å²) in [6.07, 6.45) is 38.4. The van der Waals surface area contributed by atoms with Gasteiger partial charge in [0.2, 0.25) is 11.6 Å². The minimum Gasteiger partial charge on any atom is -0.481 e. The summed E-state index contributed by atoms with van der Waals surface area (Å²) >= 11 is 0. The lowest BCUT2D eigenvalue weighted by molar-refractivity contribution is -0.189. The van der Waals surface area contributed by atoms with E-state index in [0.717, 1.165) is 51.4 Å². The van der Waals surface area contributed by atoms with E-state index in [9.17, 15) is 29.7 Å². The van der Waals surface area contributed by atoms with E-state index < -0.39 is 36.0 Å². The summed E-state index contributed by atoms with van der Waals surface area (Å²) in [6, 6.07) is -2.11. The molecule has 57 heavy (non-hydrogen) atoms. The fraction of sp³-hybridized carbons (Fsp3) is 0.886. The SMILES string of the molecule is CCCCCCCCCCCCCCCCCCN=C(N)NOC(CC(=O)O)(C(=O)O)C(NC(N)=NCCCCCCCCCCCCCCCCCC)C(=O)O. The van der Waals surface area contributed by atoms with Gasteiger partial charge in [-0.3, -0.25) is 19.6 Å². The molecule has 13 heteroatoms. The van der Waals surface area contributed by atoms with Gasteiger partial charge in [0.05, 0.1) is 6.42 Å². The van der Waals surface area contributed by atoms with Crippen molar-refractivity contribution in [1.29, 1.82) is 0 Å². The number of unbranched alkanes of at least 4 members (excludes halogenated alkanes) is 30. The molecule has 334 valence electrons. The summed E-state index contributed by atoms with van der Waals surface area (Å²) in [4.78, 5) is 50.1. The highest BCUT2D eigenvalue weighted by atomic mass is 16.7. The number of carboxylic acid groups (broad SMARTS) is 3. The van der Waals surface area contributed by atoms with Crippen LogP contribution in [-0.4, -0.2) is 69.9 Å². The second-order valence-electron chi connectivity index (χ2n) is 16.0. The molecule has 0 bridgehead atoms. The number of hydroxylamine groups is 1. The van der Waals surface area contributed by atoms with Crippen molar-refractivity contribution in [3.05, 3.63) is 0 Å².